The van der Waals surface area contributed by atoms with Crippen LogP contribution in [0.4, 0.5) is 5.82 Å². The first kappa shape index (κ1) is 15.0. The normalized spacial score (nSPS) is 14.5. The quantitative estimate of drug-likeness (QED) is 0.886. The Morgan fingerprint density at radius 1 is 1.25 bits per heavy atom. The van der Waals surface area contributed by atoms with Crippen molar-refractivity contribution >= 4 is 28.2 Å². The van der Waals surface area contributed by atoms with Gasteiger partial charge in [-0.05, 0) is 19.3 Å². The largest absolute Gasteiger partial charge is 0.388 e. The Balaban J connectivity index is 2.21. The van der Waals surface area contributed by atoms with Gasteiger partial charge < -0.3 is 10.4 Å². The summed E-state index contributed by atoms with van der Waals surface area (Å²) in [6, 6.07) is 7.69. The molecule has 0 spiro atoms. The van der Waals surface area contributed by atoms with Crippen LogP contribution < -0.4 is 5.32 Å². The number of aliphatic hydroxyl groups is 1. The van der Waals surface area contributed by atoms with Crippen LogP contribution in [0.5, 0.6) is 0 Å². The summed E-state index contributed by atoms with van der Waals surface area (Å²) in [4.78, 5) is 0. The summed E-state index contributed by atoms with van der Waals surface area (Å²) in [6.07, 6.45) is 0.721. The van der Waals surface area contributed by atoms with E-state index in [1.54, 1.807) is 0 Å². The predicted molar refractivity (Wildman–Crippen MR) is 83.1 cm³/mol. The van der Waals surface area contributed by atoms with Crippen molar-refractivity contribution < 1.29 is 5.11 Å². The topological polar surface area (TPSA) is 58.0 Å². The Kier molecular flexibility index (Phi) is 4.45. The van der Waals surface area contributed by atoms with Gasteiger partial charge in [-0.2, -0.15) is 0 Å². The van der Waals surface area contributed by atoms with Crippen LogP contribution in [0, 0.1) is 5.92 Å². The molecule has 0 bridgehead atoms. The lowest BCUT2D eigenvalue weighted by atomic mass is 9.94. The summed E-state index contributed by atoms with van der Waals surface area (Å²) < 4.78 is 0. The number of aromatic nitrogens is 2. The molecule has 1 heterocycles. The highest BCUT2D eigenvalue weighted by molar-refractivity contribution is 6.34. The lowest BCUT2D eigenvalue weighted by Crippen LogP contribution is -2.35. The smallest absolute Gasteiger partial charge is 0.159 e. The van der Waals surface area contributed by atoms with Crippen LogP contribution in [-0.2, 0) is 0 Å². The molecular weight excluding hydrogens is 274 g/mol. The standard InChI is InChI=1S/C15H20ClN3O/c1-10(2)8-15(3,20)9-17-14-12-7-5-4-6-11(12)13(16)18-19-14/h4-7,10,20H,8-9H2,1-3H3,(H,17,19). The average molecular weight is 294 g/mol. The molecule has 0 aliphatic carbocycles. The van der Waals surface area contributed by atoms with Crippen molar-refractivity contribution in [2.75, 3.05) is 11.9 Å². The number of nitrogens with zero attached hydrogens (tertiary/aromatic N) is 2. The third-order valence-electron chi connectivity index (χ3n) is 3.13. The molecule has 20 heavy (non-hydrogen) atoms. The molecule has 0 saturated heterocycles. The lowest BCUT2D eigenvalue weighted by Gasteiger charge is -2.26. The SMILES string of the molecule is CC(C)CC(C)(O)CNc1nnc(Cl)c2ccccc12. The minimum Gasteiger partial charge on any atom is -0.388 e. The number of rotatable bonds is 5. The molecule has 1 unspecified atom stereocenters. The summed E-state index contributed by atoms with van der Waals surface area (Å²) in [7, 11) is 0. The van der Waals surface area contributed by atoms with E-state index < -0.39 is 5.60 Å². The fourth-order valence-corrected chi connectivity index (χ4v) is 2.63. The van der Waals surface area contributed by atoms with Crippen LogP contribution in [0.1, 0.15) is 27.2 Å². The first-order valence-corrected chi connectivity index (χ1v) is 7.14. The Labute approximate surface area is 124 Å². The molecule has 5 heteroatoms. The van der Waals surface area contributed by atoms with Crippen molar-refractivity contribution in [2.24, 2.45) is 5.92 Å². The zero-order valence-electron chi connectivity index (χ0n) is 12.0. The van der Waals surface area contributed by atoms with E-state index in [4.69, 9.17) is 11.6 Å². The van der Waals surface area contributed by atoms with Gasteiger partial charge in [0.1, 0.15) is 0 Å². The molecule has 0 radical (unpaired) electrons. The van der Waals surface area contributed by atoms with Crippen molar-refractivity contribution in [3.05, 3.63) is 29.4 Å². The minimum atomic E-state index is -0.781. The number of halogens is 1. The van der Waals surface area contributed by atoms with Crippen molar-refractivity contribution in [3.8, 4) is 0 Å². The number of benzene rings is 1. The molecule has 1 atom stereocenters. The van der Waals surface area contributed by atoms with Gasteiger partial charge in [0.25, 0.3) is 0 Å². The van der Waals surface area contributed by atoms with E-state index in [9.17, 15) is 5.11 Å². The van der Waals surface area contributed by atoms with Crippen LogP contribution in [0.3, 0.4) is 0 Å². The molecular formula is C15H20ClN3O. The highest BCUT2D eigenvalue weighted by Gasteiger charge is 2.22. The van der Waals surface area contributed by atoms with Gasteiger partial charge >= 0.3 is 0 Å². The number of fused-ring (bicyclic) bond motifs is 1. The summed E-state index contributed by atoms with van der Waals surface area (Å²) in [5, 5.41) is 23.7. The minimum absolute atomic E-state index is 0.389. The fourth-order valence-electron chi connectivity index (χ4n) is 2.43. The lowest BCUT2D eigenvalue weighted by molar-refractivity contribution is 0.0515. The highest BCUT2D eigenvalue weighted by atomic mass is 35.5. The maximum Gasteiger partial charge on any atom is 0.159 e. The monoisotopic (exact) mass is 293 g/mol. The van der Waals surface area contributed by atoms with E-state index in [0.717, 1.165) is 17.2 Å². The van der Waals surface area contributed by atoms with E-state index in [-0.39, 0.29) is 0 Å². The van der Waals surface area contributed by atoms with Crippen LogP contribution in [0.2, 0.25) is 5.15 Å². The molecule has 2 aromatic rings. The highest BCUT2D eigenvalue weighted by Crippen LogP contribution is 2.26. The second kappa shape index (κ2) is 5.94. The molecule has 2 rings (SSSR count). The van der Waals surface area contributed by atoms with Crippen LogP contribution >= 0.6 is 11.6 Å². The van der Waals surface area contributed by atoms with Gasteiger partial charge in [-0.1, -0.05) is 49.7 Å². The summed E-state index contributed by atoms with van der Waals surface area (Å²) in [6.45, 7) is 6.43. The van der Waals surface area contributed by atoms with Gasteiger partial charge in [0.2, 0.25) is 0 Å². The Bertz CT molecular complexity index is 599. The summed E-state index contributed by atoms with van der Waals surface area (Å²) in [5.41, 5.74) is -0.781. The van der Waals surface area contributed by atoms with Gasteiger partial charge in [-0.25, -0.2) is 0 Å². The van der Waals surface area contributed by atoms with Crippen molar-refractivity contribution in [2.45, 2.75) is 32.8 Å². The average Bonchev–Trinajstić information content (AvgIpc) is 2.37. The molecule has 4 nitrogen and oxygen atoms in total. The third-order valence-corrected chi connectivity index (χ3v) is 3.41. The maximum atomic E-state index is 10.3. The molecule has 2 N–H and O–H groups in total. The second-order valence-electron chi connectivity index (χ2n) is 5.83. The van der Waals surface area contributed by atoms with Crippen molar-refractivity contribution in [3.63, 3.8) is 0 Å². The van der Waals surface area contributed by atoms with Crippen LogP contribution in [0.15, 0.2) is 24.3 Å². The summed E-state index contributed by atoms with van der Waals surface area (Å²) >= 11 is 6.04. The maximum absolute atomic E-state index is 10.3. The molecule has 0 amide bonds. The van der Waals surface area contributed by atoms with E-state index in [0.29, 0.717) is 23.4 Å². The second-order valence-corrected chi connectivity index (χ2v) is 6.19. The third kappa shape index (κ3) is 3.58. The van der Waals surface area contributed by atoms with E-state index in [2.05, 4.69) is 29.4 Å². The first-order valence-electron chi connectivity index (χ1n) is 6.76. The Morgan fingerprint density at radius 3 is 2.55 bits per heavy atom. The zero-order valence-corrected chi connectivity index (χ0v) is 12.8. The number of hydrogen-bond acceptors (Lipinski definition) is 4. The Hall–Kier alpha value is -1.39. The van der Waals surface area contributed by atoms with Crippen LogP contribution in [0.25, 0.3) is 10.8 Å². The molecule has 0 aliphatic rings. The van der Waals surface area contributed by atoms with E-state index in [1.807, 2.05) is 31.2 Å². The summed E-state index contributed by atoms with van der Waals surface area (Å²) in [5.74, 6) is 1.08. The molecule has 0 saturated carbocycles. The van der Waals surface area contributed by atoms with Gasteiger partial charge in [0, 0.05) is 17.3 Å². The molecule has 0 aliphatic heterocycles. The molecule has 1 aromatic carbocycles. The van der Waals surface area contributed by atoms with Crippen LogP contribution in [-0.4, -0.2) is 27.4 Å². The molecule has 0 fully saturated rings. The first-order chi connectivity index (χ1) is 9.39. The predicted octanol–water partition coefficient (Wildman–Crippen LogP) is 3.49. The number of nitrogens with one attached hydrogen (secondary N) is 1. The molecule has 1 aromatic heterocycles. The molecule has 108 valence electrons. The fraction of sp³-hybridized carbons (Fsp3) is 0.467. The van der Waals surface area contributed by atoms with Crippen molar-refractivity contribution in [1.82, 2.24) is 10.2 Å². The van der Waals surface area contributed by atoms with Gasteiger partial charge in [-0.3, -0.25) is 0 Å². The van der Waals surface area contributed by atoms with Gasteiger partial charge in [-0.15, -0.1) is 10.2 Å². The van der Waals surface area contributed by atoms with E-state index >= 15 is 0 Å². The van der Waals surface area contributed by atoms with E-state index in [1.165, 1.54) is 0 Å². The van der Waals surface area contributed by atoms with Crippen molar-refractivity contribution in [1.29, 1.82) is 0 Å². The number of hydrogen-bond donors (Lipinski definition) is 2. The zero-order chi connectivity index (χ0) is 14.8. The van der Waals surface area contributed by atoms with Gasteiger partial charge in [0.05, 0.1) is 5.60 Å². The Morgan fingerprint density at radius 2 is 1.90 bits per heavy atom. The van der Waals surface area contributed by atoms with Gasteiger partial charge in [0.15, 0.2) is 11.0 Å². The number of anilines is 1.